The van der Waals surface area contributed by atoms with E-state index in [0.29, 0.717) is 43.8 Å². The maximum atomic E-state index is 13.0. The second-order valence-electron chi connectivity index (χ2n) is 7.99. The highest BCUT2D eigenvalue weighted by Gasteiger charge is 2.35. The van der Waals surface area contributed by atoms with E-state index in [2.05, 4.69) is 15.9 Å². The number of carbonyl (C=O) groups is 2. The molecule has 0 unspecified atom stereocenters. The number of ether oxygens (including phenoxy) is 2. The Morgan fingerprint density at radius 1 is 1.03 bits per heavy atom. The summed E-state index contributed by atoms with van der Waals surface area (Å²) in [6.45, 7) is 2.45. The van der Waals surface area contributed by atoms with Crippen LogP contribution in [0.1, 0.15) is 23.6 Å². The van der Waals surface area contributed by atoms with E-state index in [0.717, 1.165) is 22.2 Å². The lowest BCUT2D eigenvalue weighted by Gasteiger charge is -2.15. The smallest absolute Gasteiger partial charge is 0.293 e. The quantitative estimate of drug-likeness (QED) is 0.134. The first kappa shape index (κ1) is 28.0. The summed E-state index contributed by atoms with van der Waals surface area (Å²) >= 11 is 16.4. The molecule has 0 bridgehead atoms. The minimum Gasteiger partial charge on any atom is -0.490 e. The van der Waals surface area contributed by atoms with Gasteiger partial charge in [-0.15, -0.1) is 0 Å². The van der Waals surface area contributed by atoms with Crippen LogP contribution in [0.4, 0.5) is 10.5 Å². The topological polar surface area (TPSA) is 99.0 Å². The van der Waals surface area contributed by atoms with Crippen molar-refractivity contribution < 1.29 is 24.0 Å². The molecular weight excluding hydrogens is 619 g/mol. The molecule has 0 atom stereocenters. The van der Waals surface area contributed by atoms with Gasteiger partial charge >= 0.3 is 0 Å². The van der Waals surface area contributed by atoms with Crippen molar-refractivity contribution in [3.63, 3.8) is 0 Å². The van der Waals surface area contributed by atoms with Gasteiger partial charge in [-0.1, -0.05) is 41.4 Å². The van der Waals surface area contributed by atoms with Gasteiger partial charge in [0.1, 0.15) is 6.61 Å². The SMILES string of the molecule is CCOc1cc(/C=C2/SC(=O)N(Cc3ccc([N+](=O)[O-])cc3)C2=O)cc(Br)c1OCc1ccc(Cl)c(Cl)c1. The van der Waals surface area contributed by atoms with Crippen LogP contribution in [0.25, 0.3) is 6.08 Å². The summed E-state index contributed by atoms with van der Waals surface area (Å²) in [5, 5.41) is 11.3. The number of amides is 2. The van der Waals surface area contributed by atoms with Crippen LogP contribution in [0, 0.1) is 10.1 Å². The van der Waals surface area contributed by atoms with Crippen LogP contribution in [0.2, 0.25) is 10.0 Å². The van der Waals surface area contributed by atoms with Gasteiger partial charge in [0.2, 0.25) is 0 Å². The second-order valence-corrected chi connectivity index (χ2v) is 10.7. The molecule has 1 aliphatic rings. The lowest BCUT2D eigenvalue weighted by atomic mass is 10.1. The van der Waals surface area contributed by atoms with Crippen molar-refractivity contribution in [2.75, 3.05) is 6.61 Å². The number of non-ortho nitro benzene ring substituents is 1. The second kappa shape index (κ2) is 12.2. The average Bonchev–Trinajstić information content (AvgIpc) is 3.13. The lowest BCUT2D eigenvalue weighted by molar-refractivity contribution is -0.384. The first-order valence-corrected chi connectivity index (χ1v) is 13.5. The molecule has 1 saturated heterocycles. The molecule has 12 heteroatoms. The zero-order valence-electron chi connectivity index (χ0n) is 19.8. The molecule has 1 fully saturated rings. The largest absolute Gasteiger partial charge is 0.490 e. The van der Waals surface area contributed by atoms with Gasteiger partial charge in [-0.05, 0) is 81.6 Å². The van der Waals surface area contributed by atoms with Crippen molar-refractivity contribution in [3.8, 4) is 11.5 Å². The lowest BCUT2D eigenvalue weighted by Crippen LogP contribution is -2.27. The van der Waals surface area contributed by atoms with Crippen molar-refractivity contribution in [2.24, 2.45) is 0 Å². The number of hydrogen-bond acceptors (Lipinski definition) is 7. The molecule has 0 radical (unpaired) electrons. The van der Waals surface area contributed by atoms with Gasteiger partial charge in [0.15, 0.2) is 11.5 Å². The van der Waals surface area contributed by atoms with E-state index in [1.807, 2.05) is 13.0 Å². The highest BCUT2D eigenvalue weighted by atomic mass is 79.9. The first-order chi connectivity index (χ1) is 18.2. The van der Waals surface area contributed by atoms with Crippen molar-refractivity contribution in [2.45, 2.75) is 20.1 Å². The van der Waals surface area contributed by atoms with Crippen LogP contribution in [-0.4, -0.2) is 27.6 Å². The molecule has 3 aromatic rings. The summed E-state index contributed by atoms with van der Waals surface area (Å²) in [6.07, 6.45) is 1.61. The number of hydrogen-bond donors (Lipinski definition) is 0. The van der Waals surface area contributed by atoms with Gasteiger partial charge in [-0.3, -0.25) is 24.6 Å². The summed E-state index contributed by atoms with van der Waals surface area (Å²) in [5.41, 5.74) is 1.98. The first-order valence-electron chi connectivity index (χ1n) is 11.2. The molecule has 2 amide bonds. The third-order valence-corrected chi connectivity index (χ3v) is 7.59. The van der Waals surface area contributed by atoms with Crippen LogP contribution in [0.5, 0.6) is 11.5 Å². The Kier molecular flexibility index (Phi) is 8.99. The Bertz CT molecular complexity index is 1450. The molecule has 0 saturated carbocycles. The number of thioether (sulfide) groups is 1. The summed E-state index contributed by atoms with van der Waals surface area (Å²) in [5.74, 6) is 0.479. The predicted molar refractivity (Wildman–Crippen MR) is 151 cm³/mol. The van der Waals surface area contributed by atoms with Crippen molar-refractivity contribution in [1.82, 2.24) is 4.90 Å². The van der Waals surface area contributed by atoms with E-state index in [4.69, 9.17) is 32.7 Å². The maximum Gasteiger partial charge on any atom is 0.293 e. The Morgan fingerprint density at radius 3 is 2.39 bits per heavy atom. The third-order valence-electron chi connectivity index (χ3n) is 5.36. The predicted octanol–water partition coefficient (Wildman–Crippen LogP) is 7.88. The van der Waals surface area contributed by atoms with Crippen molar-refractivity contribution >= 4 is 73.8 Å². The number of halogens is 3. The van der Waals surface area contributed by atoms with Gasteiger partial charge in [-0.25, -0.2) is 0 Å². The summed E-state index contributed by atoms with van der Waals surface area (Å²) in [6, 6.07) is 14.4. The van der Waals surface area contributed by atoms with Crippen LogP contribution in [0.15, 0.2) is 64.0 Å². The number of imide groups is 1. The zero-order valence-corrected chi connectivity index (χ0v) is 23.7. The average molecular weight is 638 g/mol. The van der Waals surface area contributed by atoms with E-state index in [1.54, 1.807) is 30.3 Å². The molecule has 0 spiro atoms. The van der Waals surface area contributed by atoms with E-state index in [-0.39, 0.29) is 23.7 Å². The number of rotatable bonds is 9. The van der Waals surface area contributed by atoms with Crippen LogP contribution in [0.3, 0.4) is 0 Å². The van der Waals surface area contributed by atoms with E-state index in [9.17, 15) is 19.7 Å². The van der Waals surface area contributed by atoms with Crippen LogP contribution >= 0.6 is 50.9 Å². The number of carbonyl (C=O) groups excluding carboxylic acids is 2. The zero-order chi connectivity index (χ0) is 27.4. The highest BCUT2D eigenvalue weighted by Crippen LogP contribution is 2.40. The number of nitro benzene ring substituents is 1. The molecule has 3 aromatic carbocycles. The Balaban J connectivity index is 1.53. The molecule has 0 aromatic heterocycles. The Morgan fingerprint density at radius 2 is 1.74 bits per heavy atom. The minimum absolute atomic E-state index is 0.00931. The fourth-order valence-electron chi connectivity index (χ4n) is 3.55. The van der Waals surface area contributed by atoms with Crippen molar-refractivity contribution in [3.05, 3.63) is 101 Å². The Hall–Kier alpha value is -3.05. The van der Waals surface area contributed by atoms with E-state index >= 15 is 0 Å². The fourth-order valence-corrected chi connectivity index (χ4v) is 5.29. The van der Waals surface area contributed by atoms with Crippen molar-refractivity contribution in [1.29, 1.82) is 0 Å². The molecular formula is C26H19BrCl2N2O6S. The third kappa shape index (κ3) is 6.50. The number of nitrogens with zero attached hydrogens (tertiary/aromatic N) is 2. The molecule has 196 valence electrons. The minimum atomic E-state index is -0.509. The van der Waals surface area contributed by atoms with Gasteiger partial charge in [-0.2, -0.15) is 0 Å². The van der Waals surface area contributed by atoms with Gasteiger partial charge in [0.05, 0.1) is 37.5 Å². The molecule has 1 heterocycles. The molecule has 0 N–H and O–H groups in total. The Labute approximate surface area is 240 Å². The highest BCUT2D eigenvalue weighted by molar-refractivity contribution is 9.10. The summed E-state index contributed by atoms with van der Waals surface area (Å²) in [7, 11) is 0. The molecule has 8 nitrogen and oxygen atoms in total. The summed E-state index contributed by atoms with van der Waals surface area (Å²) in [4.78, 5) is 37.3. The number of nitro groups is 1. The van der Waals surface area contributed by atoms with Gasteiger partial charge in [0, 0.05) is 12.1 Å². The molecule has 4 rings (SSSR count). The van der Waals surface area contributed by atoms with E-state index in [1.165, 1.54) is 24.3 Å². The monoisotopic (exact) mass is 636 g/mol. The summed E-state index contributed by atoms with van der Waals surface area (Å²) < 4.78 is 12.4. The van der Waals surface area contributed by atoms with Crippen LogP contribution < -0.4 is 9.47 Å². The normalized spacial score (nSPS) is 14.3. The van der Waals surface area contributed by atoms with Gasteiger partial charge in [0.25, 0.3) is 16.8 Å². The molecule has 1 aliphatic heterocycles. The fraction of sp³-hybridized carbons (Fsp3) is 0.154. The standard InChI is InChI=1S/C26H19BrCl2N2O6S/c1-2-36-22-11-17(9-19(27)24(22)37-14-16-5-8-20(28)21(29)10-16)12-23-25(32)30(26(33)38-23)13-15-3-6-18(7-4-15)31(34)35/h3-12H,2,13-14H2,1H3/b23-12+. The molecule has 38 heavy (non-hydrogen) atoms. The van der Waals surface area contributed by atoms with Gasteiger partial charge < -0.3 is 9.47 Å². The van der Waals surface area contributed by atoms with E-state index < -0.39 is 16.1 Å². The maximum absolute atomic E-state index is 13.0. The number of benzene rings is 3. The molecule has 0 aliphatic carbocycles. The van der Waals surface area contributed by atoms with Crippen LogP contribution in [-0.2, 0) is 17.9 Å².